The van der Waals surface area contributed by atoms with E-state index in [1.165, 1.54) is 11.1 Å². The third-order valence-electron chi connectivity index (χ3n) is 4.08. The van der Waals surface area contributed by atoms with Gasteiger partial charge >= 0.3 is 142 Å². The number of benzene rings is 2. The molecule has 0 amide bonds. The second-order valence-corrected chi connectivity index (χ2v) is 18.7. The molecular weight excluding hydrogens is 519 g/mol. The second-order valence-electron chi connectivity index (χ2n) is 6.57. The van der Waals surface area contributed by atoms with Crippen LogP contribution in [0.4, 0.5) is 0 Å². The Hall–Kier alpha value is -0.237. The van der Waals surface area contributed by atoms with E-state index in [2.05, 4.69) is 86.4 Å². The zero-order valence-corrected chi connectivity index (χ0v) is 17.9. The quantitative estimate of drug-likeness (QED) is 0.464. The number of hydrogen-bond donors (Lipinski definition) is 0. The van der Waals surface area contributed by atoms with Crippen LogP contribution in [0, 0.1) is 0 Å². The van der Waals surface area contributed by atoms with E-state index in [9.17, 15) is 0 Å². The molecule has 110 valence electrons. The van der Waals surface area contributed by atoms with Gasteiger partial charge in [0.15, 0.2) is 0 Å². The van der Waals surface area contributed by atoms with E-state index in [0.717, 1.165) is 13.1 Å². The third kappa shape index (κ3) is 3.26. The fourth-order valence-corrected chi connectivity index (χ4v) is 14.6. The van der Waals surface area contributed by atoms with Crippen molar-refractivity contribution in [2.75, 3.05) is 0 Å². The van der Waals surface area contributed by atoms with Gasteiger partial charge in [0.25, 0.3) is 0 Å². The summed E-state index contributed by atoms with van der Waals surface area (Å²) in [4.78, 5) is 2.59. The number of nitrogens with zero attached hydrogens (tertiary/aromatic N) is 1. The Morgan fingerprint density at radius 2 is 1.29 bits per heavy atom. The van der Waals surface area contributed by atoms with Crippen LogP contribution in [-0.2, 0) is 13.1 Å². The summed E-state index contributed by atoms with van der Waals surface area (Å²) < 4.78 is 3.18. The molecule has 2 aromatic rings. The molecule has 0 N–H and O–H groups in total. The van der Waals surface area contributed by atoms with Gasteiger partial charge in [-0.3, -0.25) is 0 Å². The molecule has 0 fully saturated rings. The molecule has 3 rings (SSSR count). The standard InChI is InChI=1S/C18H21N.Bi.BrH/c1-18(2,3)19(14-16-10-6-4-7-11-16)15-17-12-8-5-9-13-17;;/h4-10,12H,14-15H2,1-3H3;;1H/q;+1;/p-1. The molecule has 1 heterocycles. The maximum absolute atomic E-state index is 4.13. The summed E-state index contributed by atoms with van der Waals surface area (Å²) >= 11 is 2.15. The predicted octanol–water partition coefficient (Wildman–Crippen LogP) is 3.30. The monoisotopic (exact) mass is 539 g/mol. The molecule has 0 radical (unpaired) electrons. The molecule has 0 saturated carbocycles. The Morgan fingerprint density at radius 3 is 1.71 bits per heavy atom. The second kappa shape index (κ2) is 6.10. The molecule has 0 spiro atoms. The van der Waals surface area contributed by atoms with Crippen LogP contribution in [-0.4, -0.2) is 29.8 Å². The molecule has 3 heteroatoms. The Labute approximate surface area is 141 Å². The van der Waals surface area contributed by atoms with E-state index in [4.69, 9.17) is 0 Å². The predicted molar refractivity (Wildman–Crippen MR) is 95.8 cm³/mol. The van der Waals surface area contributed by atoms with Gasteiger partial charge in [-0.1, -0.05) is 0 Å². The van der Waals surface area contributed by atoms with Crippen LogP contribution in [0.1, 0.15) is 31.9 Å². The maximum atomic E-state index is 4.13. The molecule has 0 aliphatic carbocycles. The summed E-state index contributed by atoms with van der Waals surface area (Å²) in [7, 11) is 0. The van der Waals surface area contributed by atoms with E-state index in [0.29, 0.717) is 0 Å². The molecule has 0 unspecified atom stereocenters. The zero-order valence-electron chi connectivity index (χ0n) is 12.8. The Kier molecular flexibility index (Phi) is 4.55. The van der Waals surface area contributed by atoms with Crippen molar-refractivity contribution in [2.24, 2.45) is 0 Å². The summed E-state index contributed by atoms with van der Waals surface area (Å²) in [6.45, 7) is 9.04. The summed E-state index contributed by atoms with van der Waals surface area (Å²) in [6.07, 6.45) is 0. The van der Waals surface area contributed by atoms with E-state index in [1.54, 1.807) is 6.54 Å². The van der Waals surface area contributed by atoms with Crippen LogP contribution in [0.25, 0.3) is 0 Å². The number of fused-ring (bicyclic) bond motifs is 2. The normalized spacial score (nSPS) is 16.8. The van der Waals surface area contributed by atoms with Crippen LogP contribution in [0.3, 0.4) is 0 Å². The summed E-state index contributed by atoms with van der Waals surface area (Å²) in [5, 5.41) is 0. The summed E-state index contributed by atoms with van der Waals surface area (Å²) in [5.41, 5.74) is 3.20. The van der Waals surface area contributed by atoms with Gasteiger partial charge in [-0.05, 0) is 0 Å². The molecule has 0 bridgehead atoms. The van der Waals surface area contributed by atoms with Gasteiger partial charge in [0.1, 0.15) is 0 Å². The van der Waals surface area contributed by atoms with E-state index in [-0.39, 0.29) is 5.54 Å². The Morgan fingerprint density at radius 1 is 0.857 bits per heavy atom. The van der Waals surface area contributed by atoms with Gasteiger partial charge in [-0.25, -0.2) is 0 Å². The molecule has 21 heavy (non-hydrogen) atoms. The Balaban J connectivity index is 2.16. The van der Waals surface area contributed by atoms with E-state index in [1.807, 2.05) is 0 Å². The fourth-order valence-electron chi connectivity index (χ4n) is 2.74. The molecule has 1 aliphatic rings. The molecule has 2 aromatic carbocycles. The minimum atomic E-state index is -1.98. The van der Waals surface area contributed by atoms with Crippen molar-refractivity contribution < 1.29 is 0 Å². The topological polar surface area (TPSA) is 3.24 Å². The van der Waals surface area contributed by atoms with Gasteiger partial charge in [-0.15, -0.1) is 0 Å². The molecule has 0 saturated heterocycles. The molecule has 1 nitrogen and oxygen atoms in total. The van der Waals surface area contributed by atoms with Crippen molar-refractivity contribution in [2.45, 2.75) is 39.4 Å². The Bertz CT molecular complexity index is 598. The van der Waals surface area contributed by atoms with Crippen LogP contribution in [0.15, 0.2) is 48.5 Å². The van der Waals surface area contributed by atoms with Crippen molar-refractivity contribution in [3.8, 4) is 0 Å². The van der Waals surface area contributed by atoms with Crippen LogP contribution in [0.5, 0.6) is 0 Å². The summed E-state index contributed by atoms with van der Waals surface area (Å²) in [5.74, 6) is 0. The fraction of sp³-hybridized carbons (Fsp3) is 0.333. The summed E-state index contributed by atoms with van der Waals surface area (Å²) in [6, 6.07) is 18.0. The first kappa shape index (κ1) is 15.7. The average Bonchev–Trinajstić information content (AvgIpc) is 2.44. The van der Waals surface area contributed by atoms with Crippen LogP contribution >= 0.6 is 12.2 Å². The van der Waals surface area contributed by atoms with Crippen molar-refractivity contribution in [3.05, 3.63) is 59.7 Å². The van der Waals surface area contributed by atoms with Crippen molar-refractivity contribution >= 4 is 38.2 Å². The average molecular weight is 540 g/mol. The van der Waals surface area contributed by atoms with E-state index >= 15 is 0 Å². The van der Waals surface area contributed by atoms with Gasteiger partial charge in [-0.2, -0.15) is 0 Å². The first-order valence-electron chi connectivity index (χ1n) is 7.33. The first-order chi connectivity index (χ1) is 9.97. The SMILES string of the molecule is CC(C)(C)N1Cc2cccc[c]2[Bi]([Br])[c]2ccccc2C1. The van der Waals surface area contributed by atoms with Gasteiger partial charge in [0.05, 0.1) is 0 Å². The van der Waals surface area contributed by atoms with Crippen molar-refractivity contribution in [3.63, 3.8) is 0 Å². The van der Waals surface area contributed by atoms with Crippen LogP contribution < -0.4 is 6.54 Å². The molecule has 0 aromatic heterocycles. The zero-order chi connectivity index (χ0) is 15.0. The minimum absolute atomic E-state index is 0.175. The van der Waals surface area contributed by atoms with Gasteiger partial charge < -0.3 is 0 Å². The molecule has 0 atom stereocenters. The number of rotatable bonds is 0. The van der Waals surface area contributed by atoms with Gasteiger partial charge in [0, 0.05) is 0 Å². The van der Waals surface area contributed by atoms with Crippen molar-refractivity contribution in [1.82, 2.24) is 4.90 Å². The van der Waals surface area contributed by atoms with Crippen LogP contribution in [0.2, 0.25) is 0 Å². The molecular formula is C18H21BiBrN. The first-order valence-corrected chi connectivity index (χ1v) is 18.3. The van der Waals surface area contributed by atoms with E-state index < -0.39 is 19.4 Å². The number of halogens is 1. The van der Waals surface area contributed by atoms with Crippen molar-refractivity contribution in [1.29, 1.82) is 0 Å². The van der Waals surface area contributed by atoms with Gasteiger partial charge in [0.2, 0.25) is 0 Å². The third-order valence-corrected chi connectivity index (χ3v) is 17.5. The number of hydrogen-bond acceptors (Lipinski definition) is 1. The molecule has 1 aliphatic heterocycles.